The zero-order valence-electron chi connectivity index (χ0n) is 33.2. The number of thiophene rings is 1. The third-order valence-electron chi connectivity index (χ3n) is 11.5. The van der Waals surface area contributed by atoms with Gasteiger partial charge in [0.2, 0.25) is 0 Å². The maximum absolute atomic E-state index is 5.33. The molecule has 11 rings (SSSR count). The fraction of sp³-hybridized carbons (Fsp3) is 0. The second-order valence-corrected chi connectivity index (χ2v) is 16.4. The van der Waals surface area contributed by atoms with Gasteiger partial charge in [-0.15, -0.1) is 11.3 Å². The zero-order chi connectivity index (χ0) is 40.5. The van der Waals surface area contributed by atoms with Gasteiger partial charge in [0.15, 0.2) is 5.82 Å². The molecule has 2 heterocycles. The number of rotatable bonds is 8. The molecule has 0 amide bonds. The number of nitrogens with zero attached hydrogens (tertiary/aromatic N) is 2. The van der Waals surface area contributed by atoms with Gasteiger partial charge in [-0.2, -0.15) is 0 Å². The average Bonchev–Trinajstić information content (AvgIpc) is 3.73. The molecule has 11 aromatic rings. The zero-order valence-corrected chi connectivity index (χ0v) is 34.1. The summed E-state index contributed by atoms with van der Waals surface area (Å²) in [6.07, 6.45) is 0. The summed E-state index contributed by atoms with van der Waals surface area (Å²) in [5.74, 6) is 0.722. The van der Waals surface area contributed by atoms with Crippen LogP contribution < -0.4 is 0 Å². The fourth-order valence-electron chi connectivity index (χ4n) is 8.33. The van der Waals surface area contributed by atoms with Gasteiger partial charge in [0.25, 0.3) is 0 Å². The normalized spacial score (nSPS) is 11.3. The third kappa shape index (κ3) is 7.22. The standard InChI is InChI=1S/C58H38N2S/c1-4-14-39(15-5-1)46-20-12-22-48(34-46)55-57-56(53-24-10-11-25-54(53)61-57)60-58(59-55)49-23-13-21-47(35-49)44-30-26-42(27-31-44)43-28-32-45(33-29-43)52-37-50(40-16-6-2-7-17-40)36-51(38-52)41-18-8-3-9-19-41/h1-38H. The van der Waals surface area contributed by atoms with Crippen molar-refractivity contribution in [2.45, 2.75) is 0 Å². The molecule has 0 N–H and O–H groups in total. The summed E-state index contributed by atoms with van der Waals surface area (Å²) in [5.41, 5.74) is 18.2. The smallest absolute Gasteiger partial charge is 0.160 e. The van der Waals surface area contributed by atoms with E-state index in [1.807, 2.05) is 0 Å². The molecule has 0 aliphatic heterocycles. The second kappa shape index (κ2) is 15.8. The van der Waals surface area contributed by atoms with E-state index in [1.54, 1.807) is 11.3 Å². The molecule has 0 aliphatic carbocycles. The SMILES string of the molecule is c1ccc(-c2cc(-c3ccccc3)cc(-c3ccc(-c4ccc(-c5cccc(-c6nc(-c7cccc(-c8ccccc8)c7)c7sc8ccccc8c7n6)c5)cc4)cc3)c2)cc1. The van der Waals surface area contributed by atoms with Crippen molar-refractivity contribution in [2.75, 3.05) is 0 Å². The van der Waals surface area contributed by atoms with Gasteiger partial charge >= 0.3 is 0 Å². The largest absolute Gasteiger partial charge is 0.226 e. The molecule has 0 atom stereocenters. The minimum absolute atomic E-state index is 0.722. The predicted octanol–water partition coefficient (Wildman–Crippen LogP) is 16.2. The van der Waals surface area contributed by atoms with Crippen molar-refractivity contribution in [1.29, 1.82) is 0 Å². The van der Waals surface area contributed by atoms with Crippen LogP contribution in [0.15, 0.2) is 231 Å². The lowest BCUT2D eigenvalue weighted by atomic mass is 9.92. The van der Waals surface area contributed by atoms with Crippen LogP contribution in [0.1, 0.15) is 0 Å². The highest BCUT2D eigenvalue weighted by molar-refractivity contribution is 7.26. The summed E-state index contributed by atoms with van der Waals surface area (Å²) in [6.45, 7) is 0. The first kappa shape index (κ1) is 36.4. The van der Waals surface area contributed by atoms with Crippen LogP contribution in [0.5, 0.6) is 0 Å². The molecule has 0 bridgehead atoms. The molecule has 61 heavy (non-hydrogen) atoms. The van der Waals surface area contributed by atoms with E-state index in [-0.39, 0.29) is 0 Å². The lowest BCUT2D eigenvalue weighted by Crippen LogP contribution is -1.94. The first-order chi connectivity index (χ1) is 30.2. The van der Waals surface area contributed by atoms with Crippen molar-refractivity contribution in [3.63, 3.8) is 0 Å². The summed E-state index contributed by atoms with van der Waals surface area (Å²) in [5, 5.41) is 1.16. The number of hydrogen-bond donors (Lipinski definition) is 0. The van der Waals surface area contributed by atoms with Gasteiger partial charge in [-0.25, -0.2) is 9.97 Å². The lowest BCUT2D eigenvalue weighted by Gasteiger charge is -2.12. The molecule has 9 aromatic carbocycles. The number of benzene rings is 9. The van der Waals surface area contributed by atoms with Crippen LogP contribution in [0.4, 0.5) is 0 Å². The van der Waals surface area contributed by atoms with Crippen LogP contribution in [0, 0.1) is 0 Å². The first-order valence-electron chi connectivity index (χ1n) is 20.6. The number of fused-ring (bicyclic) bond motifs is 3. The van der Waals surface area contributed by atoms with Crippen molar-refractivity contribution < 1.29 is 0 Å². The van der Waals surface area contributed by atoms with E-state index in [9.17, 15) is 0 Å². The maximum atomic E-state index is 5.33. The van der Waals surface area contributed by atoms with Crippen molar-refractivity contribution in [2.24, 2.45) is 0 Å². The summed E-state index contributed by atoms with van der Waals surface area (Å²) in [7, 11) is 0. The second-order valence-electron chi connectivity index (χ2n) is 15.4. The Hall–Kier alpha value is -7.72. The first-order valence-corrected chi connectivity index (χ1v) is 21.4. The Balaban J connectivity index is 0.909. The van der Waals surface area contributed by atoms with Gasteiger partial charge in [-0.05, 0) is 103 Å². The monoisotopic (exact) mass is 794 g/mol. The van der Waals surface area contributed by atoms with Gasteiger partial charge in [-0.1, -0.05) is 194 Å². The quantitative estimate of drug-likeness (QED) is 0.153. The molecule has 0 unspecified atom stereocenters. The Morgan fingerprint density at radius 2 is 0.623 bits per heavy atom. The predicted molar refractivity (Wildman–Crippen MR) is 258 cm³/mol. The van der Waals surface area contributed by atoms with Gasteiger partial charge in [0.1, 0.15) is 0 Å². The summed E-state index contributed by atoms with van der Waals surface area (Å²) < 4.78 is 2.31. The van der Waals surface area contributed by atoms with Crippen LogP contribution in [-0.4, -0.2) is 9.97 Å². The third-order valence-corrected chi connectivity index (χ3v) is 12.7. The van der Waals surface area contributed by atoms with Crippen LogP contribution in [-0.2, 0) is 0 Å². The Labute approximate surface area is 359 Å². The molecule has 2 aromatic heterocycles. The topological polar surface area (TPSA) is 25.8 Å². The molecule has 0 saturated carbocycles. The van der Waals surface area contributed by atoms with Crippen molar-refractivity contribution in [1.82, 2.24) is 9.97 Å². The Kier molecular flexibility index (Phi) is 9.42. The molecule has 286 valence electrons. The van der Waals surface area contributed by atoms with Crippen molar-refractivity contribution >= 4 is 31.6 Å². The van der Waals surface area contributed by atoms with E-state index in [0.717, 1.165) is 49.4 Å². The Morgan fingerprint density at radius 1 is 0.262 bits per heavy atom. The van der Waals surface area contributed by atoms with Crippen LogP contribution in [0.25, 0.3) is 110 Å². The Bertz CT molecular complexity index is 3260. The van der Waals surface area contributed by atoms with Crippen LogP contribution >= 0.6 is 11.3 Å². The van der Waals surface area contributed by atoms with Crippen molar-refractivity contribution in [3.05, 3.63) is 231 Å². The van der Waals surface area contributed by atoms with E-state index in [1.165, 1.54) is 60.3 Å². The summed E-state index contributed by atoms with van der Waals surface area (Å²) in [4.78, 5) is 10.6. The molecular weight excluding hydrogens is 757 g/mol. The molecule has 0 aliphatic rings. The highest BCUT2D eigenvalue weighted by atomic mass is 32.1. The van der Waals surface area contributed by atoms with Gasteiger partial charge in [-0.3, -0.25) is 0 Å². The summed E-state index contributed by atoms with van der Waals surface area (Å²) >= 11 is 1.76. The molecule has 3 heteroatoms. The fourth-order valence-corrected chi connectivity index (χ4v) is 9.48. The lowest BCUT2D eigenvalue weighted by molar-refractivity contribution is 1.24. The average molecular weight is 795 g/mol. The molecule has 0 spiro atoms. The highest BCUT2D eigenvalue weighted by Gasteiger charge is 2.18. The minimum Gasteiger partial charge on any atom is -0.226 e. The summed E-state index contributed by atoms with van der Waals surface area (Å²) in [6, 6.07) is 82.4. The van der Waals surface area contributed by atoms with Crippen LogP contribution in [0.3, 0.4) is 0 Å². The molecule has 2 nitrogen and oxygen atoms in total. The minimum atomic E-state index is 0.722. The van der Waals surface area contributed by atoms with Gasteiger partial charge in [0.05, 0.1) is 15.9 Å². The van der Waals surface area contributed by atoms with Crippen LogP contribution in [0.2, 0.25) is 0 Å². The highest BCUT2D eigenvalue weighted by Crippen LogP contribution is 2.41. The van der Waals surface area contributed by atoms with Gasteiger partial charge in [0, 0.05) is 21.2 Å². The van der Waals surface area contributed by atoms with E-state index < -0.39 is 0 Å². The van der Waals surface area contributed by atoms with E-state index >= 15 is 0 Å². The molecular formula is C58H38N2S. The molecule has 0 fully saturated rings. The Morgan fingerprint density at radius 3 is 1.16 bits per heavy atom. The van der Waals surface area contributed by atoms with Crippen molar-refractivity contribution in [3.8, 4) is 89.4 Å². The molecule has 0 saturated heterocycles. The van der Waals surface area contributed by atoms with E-state index in [4.69, 9.17) is 9.97 Å². The van der Waals surface area contributed by atoms with Gasteiger partial charge < -0.3 is 0 Å². The van der Waals surface area contributed by atoms with E-state index in [2.05, 4.69) is 231 Å². The maximum Gasteiger partial charge on any atom is 0.160 e. The molecule has 0 radical (unpaired) electrons. The number of aromatic nitrogens is 2. The van der Waals surface area contributed by atoms with E-state index in [0.29, 0.717) is 0 Å². The number of hydrogen-bond acceptors (Lipinski definition) is 3.